The van der Waals surface area contributed by atoms with Crippen molar-refractivity contribution in [1.82, 2.24) is 5.32 Å². The second kappa shape index (κ2) is 6.19. The third-order valence-corrected chi connectivity index (χ3v) is 4.35. The molecule has 104 valence electrons. The highest BCUT2D eigenvalue weighted by Gasteiger charge is 2.19. The summed E-state index contributed by atoms with van der Waals surface area (Å²) in [7, 11) is 0. The molecular weight excluding hydrogens is 258 g/mol. The highest BCUT2D eigenvalue weighted by atomic mass is 32.2. The van der Waals surface area contributed by atoms with Crippen molar-refractivity contribution in [2.45, 2.75) is 19.1 Å². The van der Waals surface area contributed by atoms with Gasteiger partial charge in [0.1, 0.15) is 0 Å². The smallest absolute Gasteiger partial charge is 0.251 e. The molecule has 1 aliphatic heterocycles. The summed E-state index contributed by atoms with van der Waals surface area (Å²) in [5, 5.41) is 3.42. The van der Waals surface area contributed by atoms with E-state index in [0.717, 1.165) is 30.2 Å². The van der Waals surface area contributed by atoms with Gasteiger partial charge in [-0.2, -0.15) is 11.8 Å². The fourth-order valence-electron chi connectivity index (χ4n) is 2.26. The van der Waals surface area contributed by atoms with Crippen molar-refractivity contribution in [3.63, 3.8) is 0 Å². The summed E-state index contributed by atoms with van der Waals surface area (Å²) < 4.78 is 0. The predicted molar refractivity (Wildman–Crippen MR) is 83.0 cm³/mol. The molecule has 1 fully saturated rings. The van der Waals surface area contributed by atoms with Crippen LogP contribution in [0.25, 0.3) is 0 Å². The van der Waals surface area contributed by atoms with Crippen molar-refractivity contribution in [1.29, 1.82) is 0 Å². The molecule has 0 saturated carbocycles. The topological polar surface area (TPSA) is 58.4 Å². The van der Waals surface area contributed by atoms with Gasteiger partial charge in [-0.1, -0.05) is 6.92 Å². The number of hydrogen-bond donors (Lipinski definition) is 2. The highest BCUT2D eigenvalue weighted by molar-refractivity contribution is 8.00. The summed E-state index contributed by atoms with van der Waals surface area (Å²) in [6.45, 7) is 6.74. The Balaban J connectivity index is 2.23. The van der Waals surface area contributed by atoms with E-state index in [-0.39, 0.29) is 5.91 Å². The largest absolute Gasteiger partial charge is 0.397 e. The molecule has 0 radical (unpaired) electrons. The summed E-state index contributed by atoms with van der Waals surface area (Å²) in [6, 6.07) is 5.52. The second-order valence-electron chi connectivity index (χ2n) is 4.76. The zero-order chi connectivity index (χ0) is 13.8. The molecule has 4 nitrogen and oxygen atoms in total. The molecule has 1 aromatic carbocycles. The molecule has 1 saturated heterocycles. The van der Waals surface area contributed by atoms with Gasteiger partial charge in [-0.05, 0) is 25.1 Å². The molecular formula is C14H21N3OS. The number of nitrogens with zero attached hydrogens (tertiary/aromatic N) is 1. The number of carbonyl (C=O) groups is 1. The number of nitrogens with two attached hydrogens (primary N) is 1. The Hall–Kier alpha value is -1.36. The Morgan fingerprint density at radius 3 is 3.05 bits per heavy atom. The van der Waals surface area contributed by atoms with Crippen LogP contribution in [0.3, 0.4) is 0 Å². The quantitative estimate of drug-likeness (QED) is 0.831. The van der Waals surface area contributed by atoms with Crippen molar-refractivity contribution >= 4 is 29.0 Å². The maximum atomic E-state index is 11.9. The van der Waals surface area contributed by atoms with Crippen molar-refractivity contribution in [3.05, 3.63) is 23.8 Å². The Labute approximate surface area is 118 Å². The first-order valence-electron chi connectivity index (χ1n) is 6.66. The van der Waals surface area contributed by atoms with E-state index < -0.39 is 0 Å². The molecule has 19 heavy (non-hydrogen) atoms. The molecule has 1 aromatic rings. The van der Waals surface area contributed by atoms with Gasteiger partial charge < -0.3 is 16.0 Å². The summed E-state index contributed by atoms with van der Waals surface area (Å²) >= 11 is 1.98. The molecule has 0 spiro atoms. The molecule has 0 bridgehead atoms. The lowest BCUT2D eigenvalue weighted by molar-refractivity contribution is 0.0956. The van der Waals surface area contributed by atoms with E-state index in [9.17, 15) is 4.79 Å². The number of thioether (sulfide) groups is 1. The molecule has 5 heteroatoms. The van der Waals surface area contributed by atoms with Crippen molar-refractivity contribution in [3.8, 4) is 0 Å². The summed E-state index contributed by atoms with van der Waals surface area (Å²) in [6.07, 6.45) is 0. The van der Waals surface area contributed by atoms with Crippen molar-refractivity contribution < 1.29 is 4.79 Å². The van der Waals surface area contributed by atoms with Gasteiger partial charge in [0.2, 0.25) is 0 Å². The van der Waals surface area contributed by atoms with Gasteiger partial charge in [-0.25, -0.2) is 0 Å². The van der Waals surface area contributed by atoms with Crippen LogP contribution in [0.15, 0.2) is 18.2 Å². The van der Waals surface area contributed by atoms with E-state index >= 15 is 0 Å². The lowest BCUT2D eigenvalue weighted by Gasteiger charge is -2.33. The molecule has 0 aromatic heterocycles. The molecule has 1 unspecified atom stereocenters. The fraction of sp³-hybridized carbons (Fsp3) is 0.500. The van der Waals surface area contributed by atoms with Gasteiger partial charge in [0.15, 0.2) is 0 Å². The minimum atomic E-state index is -0.0387. The van der Waals surface area contributed by atoms with Gasteiger partial charge >= 0.3 is 0 Å². The molecule has 0 aliphatic carbocycles. The van der Waals surface area contributed by atoms with Crippen LogP contribution in [-0.4, -0.2) is 36.5 Å². The summed E-state index contributed by atoms with van der Waals surface area (Å²) in [5.74, 6) is 1.06. The number of rotatable bonds is 3. The highest BCUT2D eigenvalue weighted by Crippen LogP contribution is 2.29. The van der Waals surface area contributed by atoms with Crippen LogP contribution >= 0.6 is 11.8 Å². The molecule has 3 N–H and O–H groups in total. The first kappa shape index (κ1) is 14.1. The van der Waals surface area contributed by atoms with E-state index in [1.807, 2.05) is 30.8 Å². The Kier molecular flexibility index (Phi) is 4.58. The van der Waals surface area contributed by atoms with Crippen LogP contribution in [0.2, 0.25) is 0 Å². The zero-order valence-electron chi connectivity index (χ0n) is 11.5. The van der Waals surface area contributed by atoms with Crippen LogP contribution in [-0.2, 0) is 0 Å². The number of benzene rings is 1. The Bertz CT molecular complexity index is 464. The minimum Gasteiger partial charge on any atom is -0.397 e. The average molecular weight is 279 g/mol. The van der Waals surface area contributed by atoms with E-state index in [2.05, 4.69) is 17.1 Å². The average Bonchev–Trinajstić information content (AvgIpc) is 2.39. The fourth-order valence-corrected chi connectivity index (χ4v) is 3.27. The lowest BCUT2D eigenvalue weighted by atomic mass is 10.1. The number of carbonyl (C=O) groups excluding carboxylic acids is 1. The van der Waals surface area contributed by atoms with Crippen molar-refractivity contribution in [2.75, 3.05) is 36.0 Å². The zero-order valence-corrected chi connectivity index (χ0v) is 12.3. The van der Waals surface area contributed by atoms with Gasteiger partial charge in [0, 0.05) is 36.2 Å². The SMILES string of the molecule is CCNC(=O)c1ccc(N)c(N2CCSC(C)C2)c1. The molecule has 1 aliphatic rings. The van der Waals surface area contributed by atoms with E-state index in [0.29, 0.717) is 17.4 Å². The monoisotopic (exact) mass is 279 g/mol. The Morgan fingerprint density at radius 2 is 2.37 bits per heavy atom. The molecule has 1 amide bonds. The van der Waals surface area contributed by atoms with Crippen LogP contribution in [0.5, 0.6) is 0 Å². The normalized spacial score (nSPS) is 19.3. The third-order valence-electron chi connectivity index (χ3n) is 3.21. The number of nitrogen functional groups attached to an aromatic ring is 1. The second-order valence-corrected chi connectivity index (χ2v) is 6.31. The number of anilines is 2. The van der Waals surface area contributed by atoms with E-state index in [1.165, 1.54) is 0 Å². The Morgan fingerprint density at radius 1 is 1.58 bits per heavy atom. The van der Waals surface area contributed by atoms with Gasteiger partial charge in [-0.3, -0.25) is 4.79 Å². The molecule has 1 atom stereocenters. The lowest BCUT2D eigenvalue weighted by Crippen LogP contribution is -2.37. The minimum absolute atomic E-state index is 0.0387. The van der Waals surface area contributed by atoms with Crippen LogP contribution in [0.4, 0.5) is 11.4 Å². The first-order valence-corrected chi connectivity index (χ1v) is 7.71. The van der Waals surface area contributed by atoms with Crippen LogP contribution in [0.1, 0.15) is 24.2 Å². The summed E-state index contributed by atoms with van der Waals surface area (Å²) in [5.41, 5.74) is 8.46. The molecule has 1 heterocycles. The van der Waals surface area contributed by atoms with E-state index in [1.54, 1.807) is 6.07 Å². The van der Waals surface area contributed by atoms with Crippen LogP contribution < -0.4 is 16.0 Å². The summed E-state index contributed by atoms with van der Waals surface area (Å²) in [4.78, 5) is 14.2. The van der Waals surface area contributed by atoms with Gasteiger partial charge in [0.05, 0.1) is 11.4 Å². The maximum absolute atomic E-state index is 11.9. The van der Waals surface area contributed by atoms with Crippen LogP contribution in [0, 0.1) is 0 Å². The maximum Gasteiger partial charge on any atom is 0.251 e. The first-order chi connectivity index (χ1) is 9.11. The predicted octanol–water partition coefficient (Wildman–Crippen LogP) is 1.96. The molecule has 2 rings (SSSR count). The van der Waals surface area contributed by atoms with Gasteiger partial charge in [0.25, 0.3) is 5.91 Å². The van der Waals surface area contributed by atoms with Crippen molar-refractivity contribution in [2.24, 2.45) is 0 Å². The number of hydrogen-bond acceptors (Lipinski definition) is 4. The van der Waals surface area contributed by atoms with E-state index in [4.69, 9.17) is 5.73 Å². The number of nitrogens with one attached hydrogen (secondary N) is 1. The van der Waals surface area contributed by atoms with Gasteiger partial charge in [-0.15, -0.1) is 0 Å². The number of amides is 1. The standard InChI is InChI=1S/C14H21N3OS/c1-3-16-14(18)11-4-5-12(15)13(8-11)17-6-7-19-10(2)9-17/h4-5,8,10H,3,6-7,9,15H2,1-2H3,(H,16,18). The third kappa shape index (κ3) is 3.35.